The standard InChI is InChI=1S/C11H8S2/c12-11(13)10-7-3-5-8-4-1-2-6-9(8)10/h1-7H,(H,12,13). The Morgan fingerprint density at radius 2 is 1.69 bits per heavy atom. The zero-order chi connectivity index (χ0) is 9.26. The summed E-state index contributed by atoms with van der Waals surface area (Å²) in [6.07, 6.45) is 0. The van der Waals surface area contributed by atoms with Crippen LogP contribution in [0.4, 0.5) is 0 Å². The first-order chi connectivity index (χ1) is 6.29. The SMILES string of the molecule is S=C(S)c1cccc2ccccc12. The van der Waals surface area contributed by atoms with Crippen LogP contribution in [0.1, 0.15) is 5.56 Å². The highest BCUT2D eigenvalue weighted by atomic mass is 32.1. The van der Waals surface area contributed by atoms with Gasteiger partial charge in [0.05, 0.1) is 4.20 Å². The van der Waals surface area contributed by atoms with Crippen LogP contribution >= 0.6 is 24.8 Å². The maximum atomic E-state index is 5.05. The number of hydrogen-bond donors (Lipinski definition) is 1. The van der Waals surface area contributed by atoms with E-state index in [0.29, 0.717) is 4.20 Å². The zero-order valence-corrected chi connectivity index (χ0v) is 8.61. The molecule has 0 radical (unpaired) electrons. The third kappa shape index (κ3) is 1.60. The second-order valence-electron chi connectivity index (χ2n) is 2.83. The summed E-state index contributed by atoms with van der Waals surface area (Å²) in [6, 6.07) is 14.2. The molecule has 0 aliphatic rings. The molecule has 2 aromatic rings. The van der Waals surface area contributed by atoms with Crippen LogP contribution in [0.5, 0.6) is 0 Å². The molecule has 0 N–H and O–H groups in total. The summed E-state index contributed by atoms with van der Waals surface area (Å²) in [7, 11) is 0. The van der Waals surface area contributed by atoms with Crippen molar-refractivity contribution in [2.75, 3.05) is 0 Å². The third-order valence-corrected chi connectivity index (χ3v) is 2.48. The normalized spacial score (nSPS) is 10.2. The molecule has 64 valence electrons. The van der Waals surface area contributed by atoms with E-state index in [2.05, 4.69) is 30.8 Å². The van der Waals surface area contributed by atoms with E-state index >= 15 is 0 Å². The number of fused-ring (bicyclic) bond motifs is 1. The molecule has 0 unspecified atom stereocenters. The summed E-state index contributed by atoms with van der Waals surface area (Å²) in [4.78, 5) is 0. The Morgan fingerprint density at radius 1 is 1.00 bits per heavy atom. The molecule has 0 saturated heterocycles. The van der Waals surface area contributed by atoms with Gasteiger partial charge in [-0.25, -0.2) is 0 Å². The van der Waals surface area contributed by atoms with Crippen LogP contribution < -0.4 is 0 Å². The maximum absolute atomic E-state index is 5.05. The van der Waals surface area contributed by atoms with Crippen LogP contribution in [-0.4, -0.2) is 4.20 Å². The smallest absolute Gasteiger partial charge is 0.0754 e. The van der Waals surface area contributed by atoms with Crippen LogP contribution in [-0.2, 0) is 0 Å². The van der Waals surface area contributed by atoms with Gasteiger partial charge in [-0.05, 0) is 10.8 Å². The zero-order valence-electron chi connectivity index (χ0n) is 6.90. The van der Waals surface area contributed by atoms with Gasteiger partial charge in [-0.3, -0.25) is 0 Å². The van der Waals surface area contributed by atoms with Crippen molar-refractivity contribution in [2.45, 2.75) is 0 Å². The van der Waals surface area contributed by atoms with Gasteiger partial charge < -0.3 is 0 Å². The van der Waals surface area contributed by atoms with E-state index in [1.165, 1.54) is 10.8 Å². The van der Waals surface area contributed by atoms with Crippen molar-refractivity contribution in [3.05, 3.63) is 48.0 Å². The fourth-order valence-electron chi connectivity index (χ4n) is 1.41. The number of thiol groups is 1. The van der Waals surface area contributed by atoms with Gasteiger partial charge in [0.15, 0.2) is 0 Å². The van der Waals surface area contributed by atoms with Gasteiger partial charge in [-0.1, -0.05) is 54.7 Å². The largest absolute Gasteiger partial charge is 0.131 e. The van der Waals surface area contributed by atoms with E-state index in [0.717, 1.165) is 5.56 Å². The van der Waals surface area contributed by atoms with Crippen molar-refractivity contribution in [2.24, 2.45) is 0 Å². The molecule has 0 aliphatic carbocycles. The number of thiocarbonyl (C=S) groups is 1. The van der Waals surface area contributed by atoms with E-state index in [1.807, 2.05) is 24.3 Å². The van der Waals surface area contributed by atoms with Crippen LogP contribution in [0, 0.1) is 0 Å². The lowest BCUT2D eigenvalue weighted by Crippen LogP contribution is -1.88. The first-order valence-corrected chi connectivity index (χ1v) is 4.85. The molecular formula is C11H8S2. The molecule has 2 heteroatoms. The molecule has 0 saturated carbocycles. The molecule has 0 fully saturated rings. The summed E-state index contributed by atoms with van der Waals surface area (Å²) in [6.45, 7) is 0. The number of rotatable bonds is 1. The third-order valence-electron chi connectivity index (χ3n) is 2.02. The van der Waals surface area contributed by atoms with E-state index in [-0.39, 0.29) is 0 Å². The Bertz CT molecular complexity index is 455. The highest BCUT2D eigenvalue weighted by molar-refractivity contribution is 8.11. The van der Waals surface area contributed by atoms with Crippen molar-refractivity contribution in [1.29, 1.82) is 0 Å². The molecule has 0 heterocycles. The fraction of sp³-hybridized carbons (Fsp3) is 0. The van der Waals surface area contributed by atoms with Gasteiger partial charge in [0.2, 0.25) is 0 Å². The van der Waals surface area contributed by atoms with Crippen LogP contribution in [0.25, 0.3) is 10.8 Å². The summed E-state index contributed by atoms with van der Waals surface area (Å²) in [5, 5.41) is 2.38. The average Bonchev–Trinajstić information content (AvgIpc) is 2.17. The Kier molecular flexibility index (Phi) is 2.34. The second-order valence-corrected chi connectivity index (χ2v) is 3.99. The molecular weight excluding hydrogens is 196 g/mol. The molecule has 0 nitrogen and oxygen atoms in total. The Hall–Kier alpha value is -0.860. The minimum absolute atomic E-state index is 0.650. The van der Waals surface area contributed by atoms with Crippen molar-refractivity contribution >= 4 is 39.8 Å². The molecule has 2 aromatic carbocycles. The van der Waals surface area contributed by atoms with Crippen molar-refractivity contribution in [3.8, 4) is 0 Å². The van der Waals surface area contributed by atoms with Gasteiger partial charge in [0, 0.05) is 5.56 Å². The summed E-state index contributed by atoms with van der Waals surface area (Å²) < 4.78 is 0.650. The van der Waals surface area contributed by atoms with E-state index in [4.69, 9.17) is 12.2 Å². The monoisotopic (exact) mass is 204 g/mol. The second kappa shape index (κ2) is 3.48. The molecule has 0 aromatic heterocycles. The lowest BCUT2D eigenvalue weighted by molar-refractivity contribution is 1.73. The maximum Gasteiger partial charge on any atom is 0.0754 e. The number of hydrogen-bond acceptors (Lipinski definition) is 1. The average molecular weight is 204 g/mol. The minimum Gasteiger partial charge on any atom is -0.131 e. The molecule has 0 spiro atoms. The Morgan fingerprint density at radius 3 is 2.46 bits per heavy atom. The summed E-state index contributed by atoms with van der Waals surface area (Å²) >= 11 is 9.25. The Labute approximate surface area is 88.0 Å². The predicted octanol–water partition coefficient (Wildman–Crippen LogP) is 3.45. The molecule has 0 amide bonds. The Balaban J connectivity index is 2.83. The number of benzene rings is 2. The molecule has 2 rings (SSSR count). The highest BCUT2D eigenvalue weighted by Gasteiger charge is 2.00. The van der Waals surface area contributed by atoms with Gasteiger partial charge in [-0.2, -0.15) is 0 Å². The summed E-state index contributed by atoms with van der Waals surface area (Å²) in [5.41, 5.74) is 1.04. The topological polar surface area (TPSA) is 0 Å². The first kappa shape index (κ1) is 8.73. The van der Waals surface area contributed by atoms with Crippen LogP contribution in [0.15, 0.2) is 42.5 Å². The van der Waals surface area contributed by atoms with Crippen LogP contribution in [0.2, 0.25) is 0 Å². The van der Waals surface area contributed by atoms with Crippen molar-refractivity contribution < 1.29 is 0 Å². The van der Waals surface area contributed by atoms with Crippen molar-refractivity contribution in [1.82, 2.24) is 0 Å². The predicted molar refractivity (Wildman–Crippen MR) is 64.6 cm³/mol. The van der Waals surface area contributed by atoms with E-state index in [9.17, 15) is 0 Å². The van der Waals surface area contributed by atoms with Crippen LogP contribution in [0.3, 0.4) is 0 Å². The van der Waals surface area contributed by atoms with Gasteiger partial charge >= 0.3 is 0 Å². The van der Waals surface area contributed by atoms with Gasteiger partial charge in [-0.15, -0.1) is 12.6 Å². The molecule has 13 heavy (non-hydrogen) atoms. The minimum atomic E-state index is 0.650. The lowest BCUT2D eigenvalue weighted by atomic mass is 10.1. The molecule has 0 atom stereocenters. The van der Waals surface area contributed by atoms with Gasteiger partial charge in [0.1, 0.15) is 0 Å². The van der Waals surface area contributed by atoms with E-state index in [1.54, 1.807) is 0 Å². The fourth-order valence-corrected chi connectivity index (χ4v) is 1.78. The first-order valence-electron chi connectivity index (χ1n) is 4.00. The quantitative estimate of drug-likeness (QED) is 0.548. The van der Waals surface area contributed by atoms with E-state index < -0.39 is 0 Å². The molecule has 0 aliphatic heterocycles. The molecule has 0 bridgehead atoms. The summed E-state index contributed by atoms with van der Waals surface area (Å²) in [5.74, 6) is 0. The van der Waals surface area contributed by atoms with Crippen molar-refractivity contribution in [3.63, 3.8) is 0 Å². The lowest BCUT2D eigenvalue weighted by Gasteiger charge is -2.02. The van der Waals surface area contributed by atoms with Gasteiger partial charge in [0.25, 0.3) is 0 Å². The highest BCUT2D eigenvalue weighted by Crippen LogP contribution is 2.20.